The summed E-state index contributed by atoms with van der Waals surface area (Å²) >= 11 is 0. The molecule has 1 aromatic heterocycles. The predicted molar refractivity (Wildman–Crippen MR) is 104 cm³/mol. The number of hydrogen-bond donors (Lipinski definition) is 1. The third-order valence-electron chi connectivity index (χ3n) is 4.70. The number of hydrogen-bond acceptors (Lipinski definition) is 4. The van der Waals surface area contributed by atoms with Gasteiger partial charge in [-0.2, -0.15) is 5.10 Å². The molecule has 1 aromatic carbocycles. The summed E-state index contributed by atoms with van der Waals surface area (Å²) in [6, 6.07) is 12.7. The first-order valence-electron chi connectivity index (χ1n) is 8.75. The van der Waals surface area contributed by atoms with Crippen LogP contribution in [0.4, 0.5) is 0 Å². The second kappa shape index (κ2) is 8.96. The number of carbonyl (C=O) groups is 1. The van der Waals surface area contributed by atoms with E-state index < -0.39 is 0 Å². The maximum Gasteiger partial charge on any atom is 0.267 e. The molecule has 0 bridgehead atoms. The molecule has 0 saturated carbocycles. The zero-order valence-corrected chi connectivity index (χ0v) is 15.7. The number of benzene rings is 1. The summed E-state index contributed by atoms with van der Waals surface area (Å²) in [5.41, 5.74) is 7.35. The Morgan fingerprint density at radius 2 is 1.96 bits per heavy atom. The van der Waals surface area contributed by atoms with Gasteiger partial charge in [0.2, 0.25) is 5.91 Å². The SMILES string of the molecule is CC(N)C1CCCCN1C(=O)Cn1nc(-c2ccccc2)ccc1=O.Cl. The van der Waals surface area contributed by atoms with Crippen LogP contribution in [0.25, 0.3) is 11.3 Å². The molecule has 2 aromatic rings. The second-order valence-corrected chi connectivity index (χ2v) is 6.59. The van der Waals surface area contributed by atoms with Crippen molar-refractivity contribution in [3.63, 3.8) is 0 Å². The molecule has 6 nitrogen and oxygen atoms in total. The van der Waals surface area contributed by atoms with Crippen LogP contribution in [-0.4, -0.2) is 39.2 Å². The minimum Gasteiger partial charge on any atom is -0.337 e. The van der Waals surface area contributed by atoms with Gasteiger partial charge in [0, 0.05) is 30.3 Å². The van der Waals surface area contributed by atoms with Crippen LogP contribution in [0, 0.1) is 0 Å². The fraction of sp³-hybridized carbons (Fsp3) is 0.421. The average molecular weight is 377 g/mol. The highest BCUT2D eigenvalue weighted by atomic mass is 35.5. The maximum absolute atomic E-state index is 12.8. The molecule has 0 aliphatic carbocycles. The van der Waals surface area contributed by atoms with E-state index in [1.165, 1.54) is 10.7 Å². The van der Waals surface area contributed by atoms with Crippen LogP contribution in [0.2, 0.25) is 0 Å². The van der Waals surface area contributed by atoms with Crippen LogP contribution >= 0.6 is 12.4 Å². The average Bonchev–Trinajstić information content (AvgIpc) is 2.64. The van der Waals surface area contributed by atoms with E-state index in [2.05, 4.69) is 5.10 Å². The lowest BCUT2D eigenvalue weighted by atomic mass is 9.97. The van der Waals surface area contributed by atoms with Gasteiger partial charge in [-0.15, -0.1) is 12.4 Å². The van der Waals surface area contributed by atoms with E-state index in [9.17, 15) is 9.59 Å². The van der Waals surface area contributed by atoms with E-state index in [1.54, 1.807) is 6.07 Å². The highest BCUT2D eigenvalue weighted by Gasteiger charge is 2.29. The van der Waals surface area contributed by atoms with E-state index in [0.717, 1.165) is 24.8 Å². The van der Waals surface area contributed by atoms with Crippen molar-refractivity contribution in [2.24, 2.45) is 5.73 Å². The van der Waals surface area contributed by atoms with Gasteiger partial charge in [-0.25, -0.2) is 4.68 Å². The Labute approximate surface area is 159 Å². The Morgan fingerprint density at radius 3 is 2.65 bits per heavy atom. The van der Waals surface area contributed by atoms with Crippen LogP contribution in [-0.2, 0) is 11.3 Å². The predicted octanol–water partition coefficient (Wildman–Crippen LogP) is 2.06. The summed E-state index contributed by atoms with van der Waals surface area (Å²) in [6.07, 6.45) is 2.97. The van der Waals surface area contributed by atoms with E-state index >= 15 is 0 Å². The summed E-state index contributed by atoms with van der Waals surface area (Å²) in [6.45, 7) is 2.57. The first-order chi connectivity index (χ1) is 12.1. The lowest BCUT2D eigenvalue weighted by Gasteiger charge is -2.38. The number of aromatic nitrogens is 2. The van der Waals surface area contributed by atoms with Crippen molar-refractivity contribution >= 4 is 18.3 Å². The third kappa shape index (κ3) is 4.51. The van der Waals surface area contributed by atoms with Gasteiger partial charge in [-0.1, -0.05) is 30.3 Å². The quantitative estimate of drug-likeness (QED) is 0.885. The monoisotopic (exact) mass is 376 g/mol. The van der Waals surface area contributed by atoms with Crippen LogP contribution < -0.4 is 11.3 Å². The molecule has 2 atom stereocenters. The molecule has 2 heterocycles. The van der Waals surface area contributed by atoms with Crippen molar-refractivity contribution in [2.75, 3.05) is 6.54 Å². The number of piperidine rings is 1. The number of nitrogens with two attached hydrogens (primary N) is 1. The summed E-state index contributed by atoms with van der Waals surface area (Å²) in [5, 5.41) is 4.37. The summed E-state index contributed by atoms with van der Waals surface area (Å²) < 4.78 is 1.25. The van der Waals surface area contributed by atoms with Gasteiger partial charge in [0.25, 0.3) is 5.56 Å². The number of carbonyl (C=O) groups excluding carboxylic acids is 1. The first kappa shape index (κ1) is 20.1. The molecule has 0 radical (unpaired) electrons. The van der Waals surface area contributed by atoms with Crippen molar-refractivity contribution in [2.45, 2.75) is 44.8 Å². The molecule has 1 fully saturated rings. The zero-order chi connectivity index (χ0) is 17.8. The summed E-state index contributed by atoms with van der Waals surface area (Å²) in [5.74, 6) is -0.0955. The molecule has 3 rings (SSSR count). The molecule has 1 aliphatic rings. The Balaban J connectivity index is 0.00000243. The topological polar surface area (TPSA) is 81.2 Å². The third-order valence-corrected chi connectivity index (χ3v) is 4.70. The number of halogens is 1. The molecular formula is C19H25ClN4O2. The van der Waals surface area contributed by atoms with Gasteiger partial charge >= 0.3 is 0 Å². The first-order valence-corrected chi connectivity index (χ1v) is 8.75. The summed E-state index contributed by atoms with van der Waals surface area (Å²) in [4.78, 5) is 26.7. The van der Waals surface area contributed by atoms with Crippen molar-refractivity contribution in [1.29, 1.82) is 0 Å². The zero-order valence-electron chi connectivity index (χ0n) is 14.9. The van der Waals surface area contributed by atoms with Crippen molar-refractivity contribution in [3.8, 4) is 11.3 Å². The fourth-order valence-corrected chi connectivity index (χ4v) is 3.36. The largest absolute Gasteiger partial charge is 0.337 e. The fourth-order valence-electron chi connectivity index (χ4n) is 3.36. The summed E-state index contributed by atoms with van der Waals surface area (Å²) in [7, 11) is 0. The molecule has 1 amide bonds. The van der Waals surface area contributed by atoms with Crippen molar-refractivity contribution in [1.82, 2.24) is 14.7 Å². The van der Waals surface area contributed by atoms with Gasteiger partial charge in [0.15, 0.2) is 0 Å². The minimum atomic E-state index is -0.276. The number of likely N-dealkylation sites (tertiary alicyclic amines) is 1. The lowest BCUT2D eigenvalue weighted by Crippen LogP contribution is -2.53. The maximum atomic E-state index is 12.8. The van der Waals surface area contributed by atoms with Crippen LogP contribution in [0.1, 0.15) is 26.2 Å². The minimum absolute atomic E-state index is 0. The lowest BCUT2D eigenvalue weighted by molar-refractivity contribution is -0.136. The molecule has 1 saturated heterocycles. The molecule has 1 aliphatic heterocycles. The van der Waals surface area contributed by atoms with E-state index in [4.69, 9.17) is 5.73 Å². The van der Waals surface area contributed by atoms with Crippen molar-refractivity contribution < 1.29 is 4.79 Å². The smallest absolute Gasteiger partial charge is 0.267 e. The van der Waals surface area contributed by atoms with Gasteiger partial charge in [-0.3, -0.25) is 9.59 Å². The number of amides is 1. The van der Waals surface area contributed by atoms with Gasteiger partial charge in [-0.05, 0) is 32.3 Å². The van der Waals surface area contributed by atoms with Gasteiger partial charge in [0.1, 0.15) is 6.54 Å². The number of rotatable bonds is 4. The van der Waals surface area contributed by atoms with Crippen LogP contribution in [0.15, 0.2) is 47.3 Å². The molecule has 2 N–H and O–H groups in total. The Kier molecular flexibility index (Phi) is 6.94. The van der Waals surface area contributed by atoms with E-state index in [1.807, 2.05) is 42.2 Å². The molecule has 140 valence electrons. The normalized spacial score (nSPS) is 18.1. The Hall–Kier alpha value is -2.18. The molecule has 0 spiro atoms. The number of nitrogens with zero attached hydrogens (tertiary/aromatic N) is 3. The Bertz CT molecular complexity index is 792. The molecule has 2 unspecified atom stereocenters. The van der Waals surface area contributed by atoms with Crippen molar-refractivity contribution in [3.05, 3.63) is 52.8 Å². The van der Waals surface area contributed by atoms with Crippen LogP contribution in [0.5, 0.6) is 0 Å². The highest BCUT2D eigenvalue weighted by Crippen LogP contribution is 2.19. The highest BCUT2D eigenvalue weighted by molar-refractivity contribution is 5.85. The van der Waals surface area contributed by atoms with Gasteiger partial charge < -0.3 is 10.6 Å². The Morgan fingerprint density at radius 1 is 1.23 bits per heavy atom. The molecule has 7 heteroatoms. The van der Waals surface area contributed by atoms with Crippen LogP contribution in [0.3, 0.4) is 0 Å². The second-order valence-electron chi connectivity index (χ2n) is 6.59. The van der Waals surface area contributed by atoms with E-state index in [0.29, 0.717) is 12.2 Å². The standard InChI is InChI=1S/C19H24N4O2.ClH/c1-14(20)17-9-5-6-12-22(17)19(25)13-23-18(24)11-10-16(21-23)15-7-3-2-4-8-15;/h2-4,7-8,10-11,14,17H,5-6,9,12-13,20H2,1H3;1H. The molecule has 26 heavy (non-hydrogen) atoms. The van der Waals surface area contributed by atoms with E-state index in [-0.39, 0.29) is 42.5 Å². The molecular weight excluding hydrogens is 352 g/mol. The van der Waals surface area contributed by atoms with Gasteiger partial charge in [0.05, 0.1) is 5.69 Å².